The Balaban J connectivity index is 2.55. The number of rotatable bonds is 5. The van der Waals surface area contributed by atoms with Crippen LogP contribution in [0.15, 0.2) is 45.3 Å². The topological polar surface area (TPSA) is 120 Å². The van der Waals surface area contributed by atoms with E-state index in [-0.39, 0.29) is 0 Å². The highest BCUT2D eigenvalue weighted by molar-refractivity contribution is 9.10. The van der Waals surface area contributed by atoms with Gasteiger partial charge in [-0.05, 0) is 24.3 Å². The Morgan fingerprint density at radius 1 is 0.750 bits per heavy atom. The Kier molecular flexibility index (Phi) is 5.20. The van der Waals surface area contributed by atoms with Gasteiger partial charge in [0, 0.05) is 21.1 Å². The fourth-order valence-electron chi connectivity index (χ4n) is 1.94. The van der Waals surface area contributed by atoms with Crippen LogP contribution in [-0.2, 0) is 0 Å². The summed E-state index contributed by atoms with van der Waals surface area (Å²) in [7, 11) is 0. The second-order valence-electron chi connectivity index (χ2n) is 4.50. The van der Waals surface area contributed by atoms with Crippen molar-refractivity contribution in [2.45, 2.75) is 0 Å². The quantitative estimate of drug-likeness (QED) is 0.288. The standard InChI is InChI=1S/C14H6Br2N2O6/c15-7-1-3-9(11(5-7)17(21)22)13(19)14(20)10-4-2-8(16)6-12(10)18(23)24/h1-6H. The summed E-state index contributed by atoms with van der Waals surface area (Å²) < 4.78 is 0.709. The fourth-order valence-corrected chi connectivity index (χ4v) is 2.64. The zero-order valence-corrected chi connectivity index (χ0v) is 14.7. The average molecular weight is 458 g/mol. The number of hydrogen-bond donors (Lipinski definition) is 0. The monoisotopic (exact) mass is 456 g/mol. The molecule has 10 heteroatoms. The first kappa shape index (κ1) is 17.9. The zero-order valence-electron chi connectivity index (χ0n) is 11.6. The largest absolute Gasteiger partial charge is 0.285 e. The van der Waals surface area contributed by atoms with Crippen LogP contribution in [0.3, 0.4) is 0 Å². The number of nitrogens with zero attached hydrogens (tertiary/aromatic N) is 2. The average Bonchev–Trinajstić information content (AvgIpc) is 2.53. The molecule has 2 rings (SSSR count). The van der Waals surface area contributed by atoms with Gasteiger partial charge in [0.05, 0.1) is 9.85 Å². The van der Waals surface area contributed by atoms with E-state index in [1.807, 2.05) is 0 Å². The van der Waals surface area contributed by atoms with Crippen molar-refractivity contribution in [1.82, 2.24) is 0 Å². The number of Topliss-reactive ketones (excluding diaryl/α,β-unsaturated/α-hetero) is 2. The van der Waals surface area contributed by atoms with E-state index in [0.29, 0.717) is 8.95 Å². The van der Waals surface area contributed by atoms with Crippen molar-refractivity contribution in [3.05, 3.63) is 76.7 Å². The van der Waals surface area contributed by atoms with Crippen molar-refractivity contribution < 1.29 is 19.4 Å². The van der Waals surface area contributed by atoms with E-state index in [1.54, 1.807) is 0 Å². The molecule has 0 N–H and O–H groups in total. The molecular formula is C14H6Br2N2O6. The first-order valence-electron chi connectivity index (χ1n) is 6.19. The minimum Gasteiger partial charge on any atom is -0.285 e. The number of carbonyl (C=O) groups is 2. The maximum Gasteiger partial charge on any atom is 0.281 e. The van der Waals surface area contributed by atoms with Crippen LogP contribution < -0.4 is 0 Å². The van der Waals surface area contributed by atoms with Crippen LogP contribution in [0.1, 0.15) is 20.7 Å². The van der Waals surface area contributed by atoms with Gasteiger partial charge < -0.3 is 0 Å². The highest BCUT2D eigenvalue weighted by Gasteiger charge is 2.31. The Labute approximate surface area is 151 Å². The summed E-state index contributed by atoms with van der Waals surface area (Å²) in [5, 5.41) is 22.1. The summed E-state index contributed by atoms with van der Waals surface area (Å²) in [6.45, 7) is 0. The van der Waals surface area contributed by atoms with Crippen LogP contribution >= 0.6 is 31.9 Å². The molecule has 0 atom stereocenters. The molecule has 122 valence electrons. The van der Waals surface area contributed by atoms with E-state index in [4.69, 9.17) is 0 Å². The molecular weight excluding hydrogens is 452 g/mol. The molecule has 0 spiro atoms. The number of carbonyl (C=O) groups excluding carboxylic acids is 2. The first-order valence-corrected chi connectivity index (χ1v) is 7.78. The number of nitro groups is 2. The van der Waals surface area contributed by atoms with Gasteiger partial charge >= 0.3 is 0 Å². The molecule has 0 aliphatic heterocycles. The molecule has 0 unspecified atom stereocenters. The van der Waals surface area contributed by atoms with Gasteiger partial charge in [-0.15, -0.1) is 0 Å². The normalized spacial score (nSPS) is 10.2. The molecule has 2 aromatic rings. The zero-order chi connectivity index (χ0) is 18.0. The minimum atomic E-state index is -1.19. The molecule has 2 aromatic carbocycles. The number of hydrogen-bond acceptors (Lipinski definition) is 6. The molecule has 0 heterocycles. The summed E-state index contributed by atoms with van der Waals surface area (Å²) in [5.74, 6) is -2.39. The van der Waals surface area contributed by atoms with E-state index >= 15 is 0 Å². The van der Waals surface area contributed by atoms with Crippen molar-refractivity contribution in [3.63, 3.8) is 0 Å². The molecule has 0 aliphatic carbocycles. The molecule has 8 nitrogen and oxygen atoms in total. The van der Waals surface area contributed by atoms with Crippen LogP contribution in [-0.4, -0.2) is 21.4 Å². The van der Waals surface area contributed by atoms with E-state index in [9.17, 15) is 29.8 Å². The second kappa shape index (κ2) is 6.97. The molecule has 0 fully saturated rings. The van der Waals surface area contributed by atoms with E-state index in [0.717, 1.165) is 24.3 Å². The molecule has 0 bridgehead atoms. The van der Waals surface area contributed by atoms with Crippen LogP contribution in [0.25, 0.3) is 0 Å². The predicted molar refractivity (Wildman–Crippen MR) is 90.3 cm³/mol. The third kappa shape index (κ3) is 3.54. The van der Waals surface area contributed by atoms with E-state index in [1.165, 1.54) is 12.1 Å². The second-order valence-corrected chi connectivity index (χ2v) is 6.33. The van der Waals surface area contributed by atoms with Crippen molar-refractivity contribution >= 4 is 54.8 Å². The van der Waals surface area contributed by atoms with Gasteiger partial charge in [-0.3, -0.25) is 29.8 Å². The molecule has 0 aliphatic rings. The SMILES string of the molecule is O=C(C(=O)c1ccc(Br)cc1[N+](=O)[O-])c1ccc(Br)cc1[N+](=O)[O-]. The number of halogens is 2. The summed E-state index contributed by atoms with van der Waals surface area (Å²) in [6.07, 6.45) is 0. The van der Waals surface area contributed by atoms with Crippen molar-refractivity contribution in [2.24, 2.45) is 0 Å². The molecule has 24 heavy (non-hydrogen) atoms. The van der Waals surface area contributed by atoms with Crippen LogP contribution in [0.5, 0.6) is 0 Å². The lowest BCUT2D eigenvalue weighted by Gasteiger charge is -2.04. The van der Waals surface area contributed by atoms with Gasteiger partial charge in [0.1, 0.15) is 11.1 Å². The van der Waals surface area contributed by atoms with Gasteiger partial charge in [-0.2, -0.15) is 0 Å². The summed E-state index contributed by atoms with van der Waals surface area (Å²) in [6, 6.07) is 7.13. The molecule has 0 saturated carbocycles. The minimum absolute atomic E-state index is 0.354. The fraction of sp³-hybridized carbons (Fsp3) is 0. The maximum atomic E-state index is 12.3. The van der Waals surface area contributed by atoms with Crippen LogP contribution in [0.4, 0.5) is 11.4 Å². The van der Waals surface area contributed by atoms with Gasteiger partial charge in [0.2, 0.25) is 11.6 Å². The van der Waals surface area contributed by atoms with Crippen LogP contribution in [0.2, 0.25) is 0 Å². The number of nitro benzene ring substituents is 2. The van der Waals surface area contributed by atoms with Gasteiger partial charge in [-0.1, -0.05) is 31.9 Å². The van der Waals surface area contributed by atoms with Crippen molar-refractivity contribution in [3.8, 4) is 0 Å². The van der Waals surface area contributed by atoms with Gasteiger partial charge in [-0.25, -0.2) is 0 Å². The highest BCUT2D eigenvalue weighted by atomic mass is 79.9. The molecule has 0 radical (unpaired) electrons. The van der Waals surface area contributed by atoms with Gasteiger partial charge in [0.25, 0.3) is 11.4 Å². The number of benzene rings is 2. The van der Waals surface area contributed by atoms with Gasteiger partial charge in [0.15, 0.2) is 0 Å². The Morgan fingerprint density at radius 2 is 1.08 bits per heavy atom. The smallest absolute Gasteiger partial charge is 0.281 e. The van der Waals surface area contributed by atoms with E-state index < -0.39 is 43.9 Å². The summed E-state index contributed by atoms with van der Waals surface area (Å²) >= 11 is 6.08. The molecule has 0 aromatic heterocycles. The Hall–Kier alpha value is -2.46. The predicted octanol–water partition coefficient (Wildman–Crippen LogP) is 4.09. The number of ketones is 2. The van der Waals surface area contributed by atoms with Crippen LogP contribution in [0, 0.1) is 20.2 Å². The van der Waals surface area contributed by atoms with Crippen molar-refractivity contribution in [1.29, 1.82) is 0 Å². The van der Waals surface area contributed by atoms with Crippen molar-refractivity contribution in [2.75, 3.05) is 0 Å². The van der Waals surface area contributed by atoms with E-state index in [2.05, 4.69) is 31.9 Å². The lowest BCUT2D eigenvalue weighted by molar-refractivity contribution is -0.385. The third-order valence-electron chi connectivity index (χ3n) is 3.01. The molecule has 0 amide bonds. The summed E-state index contributed by atoms with van der Waals surface area (Å²) in [5.41, 5.74) is -2.01. The Morgan fingerprint density at radius 3 is 1.38 bits per heavy atom. The molecule has 0 saturated heterocycles. The Bertz CT molecular complexity index is 823. The lowest BCUT2D eigenvalue weighted by Crippen LogP contribution is -2.17. The maximum absolute atomic E-state index is 12.3. The summed E-state index contributed by atoms with van der Waals surface area (Å²) in [4.78, 5) is 45.2. The lowest BCUT2D eigenvalue weighted by atomic mass is 9.99. The third-order valence-corrected chi connectivity index (χ3v) is 3.99. The first-order chi connectivity index (χ1) is 11.2. The highest BCUT2D eigenvalue weighted by Crippen LogP contribution is 2.28.